The number of carbonyl (C=O) groups excluding carboxylic acids is 1. The molecule has 29 heavy (non-hydrogen) atoms. The van der Waals surface area contributed by atoms with E-state index in [1.54, 1.807) is 0 Å². The van der Waals surface area contributed by atoms with E-state index in [0.717, 1.165) is 29.6 Å². The zero-order chi connectivity index (χ0) is 20.8. The van der Waals surface area contributed by atoms with Gasteiger partial charge in [-0.2, -0.15) is 0 Å². The highest BCUT2D eigenvalue weighted by atomic mass is 32.2. The Balaban J connectivity index is 1.54. The minimum atomic E-state index is -0.233. The summed E-state index contributed by atoms with van der Waals surface area (Å²) in [6.45, 7) is 6.12. The summed E-state index contributed by atoms with van der Waals surface area (Å²) < 4.78 is 7.97. The van der Waals surface area contributed by atoms with Gasteiger partial charge in [0.25, 0.3) is 0 Å². The van der Waals surface area contributed by atoms with Crippen LogP contribution in [0.2, 0.25) is 0 Å². The molecule has 1 aromatic carbocycles. The first kappa shape index (κ1) is 21.7. The van der Waals surface area contributed by atoms with Gasteiger partial charge in [0.1, 0.15) is 5.75 Å². The first-order valence-electron chi connectivity index (χ1n) is 10.5. The van der Waals surface area contributed by atoms with Crippen molar-refractivity contribution in [2.75, 3.05) is 5.75 Å². The van der Waals surface area contributed by atoms with Gasteiger partial charge in [0.15, 0.2) is 17.1 Å². The minimum Gasteiger partial charge on any atom is -0.483 e. The van der Waals surface area contributed by atoms with E-state index in [0.29, 0.717) is 11.8 Å². The van der Waals surface area contributed by atoms with Crippen LogP contribution in [0.15, 0.2) is 23.4 Å². The normalized spacial score (nSPS) is 16.3. The van der Waals surface area contributed by atoms with Crippen molar-refractivity contribution in [1.29, 1.82) is 0 Å². The lowest BCUT2D eigenvalue weighted by atomic mass is 10.1. The highest BCUT2D eigenvalue weighted by Gasteiger charge is 2.19. The molecule has 3 rings (SSSR count). The predicted octanol–water partition coefficient (Wildman–Crippen LogP) is 4.50. The molecule has 1 fully saturated rings. The second-order valence-electron chi connectivity index (χ2n) is 7.95. The molecule has 7 heteroatoms. The number of aromatic nitrogens is 3. The third kappa shape index (κ3) is 5.98. The molecule has 1 aliphatic rings. The van der Waals surface area contributed by atoms with Crippen molar-refractivity contribution in [3.8, 4) is 5.75 Å². The van der Waals surface area contributed by atoms with Crippen LogP contribution in [-0.4, -0.2) is 32.5 Å². The molecule has 0 radical (unpaired) electrons. The monoisotopic (exact) mass is 416 g/mol. The maximum atomic E-state index is 12.3. The molecular formula is C22H32N4O2S. The Morgan fingerprint density at radius 2 is 1.93 bits per heavy atom. The van der Waals surface area contributed by atoms with Crippen molar-refractivity contribution in [3.63, 3.8) is 0 Å². The average molecular weight is 417 g/mol. The van der Waals surface area contributed by atoms with Gasteiger partial charge in [-0.1, -0.05) is 43.5 Å². The highest BCUT2D eigenvalue weighted by molar-refractivity contribution is 7.99. The van der Waals surface area contributed by atoms with Gasteiger partial charge in [0.2, 0.25) is 5.91 Å². The predicted molar refractivity (Wildman–Crippen MR) is 116 cm³/mol. The van der Waals surface area contributed by atoms with E-state index in [2.05, 4.69) is 35.4 Å². The fraction of sp³-hybridized carbons (Fsp3) is 0.591. The number of nitrogens with zero attached hydrogens (tertiary/aromatic N) is 3. The smallest absolute Gasteiger partial charge is 0.230 e. The number of benzene rings is 1. The second-order valence-corrected chi connectivity index (χ2v) is 8.89. The van der Waals surface area contributed by atoms with Crippen LogP contribution in [0.25, 0.3) is 0 Å². The lowest BCUT2D eigenvalue weighted by molar-refractivity contribution is -0.119. The van der Waals surface area contributed by atoms with E-state index < -0.39 is 0 Å². The van der Waals surface area contributed by atoms with Gasteiger partial charge < -0.3 is 14.6 Å². The Hall–Kier alpha value is -2.02. The molecule has 1 aliphatic carbocycles. The summed E-state index contributed by atoms with van der Waals surface area (Å²) in [5, 5.41) is 12.5. The molecule has 1 amide bonds. The SMILES string of the molecule is Cc1ccc(OC(C)c2nnc(SCC(=O)NC3CCCCCC3)n2C)cc1C. The Labute approximate surface area is 177 Å². The molecule has 1 atom stereocenters. The molecule has 6 nitrogen and oxygen atoms in total. The molecule has 0 saturated heterocycles. The molecule has 0 spiro atoms. The van der Waals surface area contributed by atoms with E-state index in [1.807, 2.05) is 30.7 Å². The number of hydrogen-bond donors (Lipinski definition) is 1. The lowest BCUT2D eigenvalue weighted by Gasteiger charge is -2.16. The van der Waals surface area contributed by atoms with Gasteiger partial charge in [0, 0.05) is 13.1 Å². The molecule has 1 saturated carbocycles. The summed E-state index contributed by atoms with van der Waals surface area (Å²) in [5.41, 5.74) is 2.44. The number of carbonyl (C=O) groups is 1. The Morgan fingerprint density at radius 3 is 2.62 bits per heavy atom. The summed E-state index contributed by atoms with van der Waals surface area (Å²) in [4.78, 5) is 12.3. The summed E-state index contributed by atoms with van der Waals surface area (Å²) in [7, 11) is 1.92. The van der Waals surface area contributed by atoms with Gasteiger partial charge >= 0.3 is 0 Å². The molecule has 2 aromatic rings. The standard InChI is InChI=1S/C22H32N4O2S/c1-15-11-12-19(13-16(15)2)28-17(3)21-24-25-22(26(21)4)29-14-20(27)23-18-9-7-5-6-8-10-18/h11-13,17-18H,5-10,14H2,1-4H3,(H,23,27). The van der Waals surface area contributed by atoms with E-state index in [9.17, 15) is 4.79 Å². The van der Waals surface area contributed by atoms with Crippen molar-refractivity contribution in [3.05, 3.63) is 35.2 Å². The number of ether oxygens (including phenoxy) is 1. The van der Waals surface area contributed by atoms with Gasteiger partial charge in [-0.25, -0.2) is 0 Å². The van der Waals surface area contributed by atoms with Crippen LogP contribution in [0.5, 0.6) is 5.75 Å². The Bertz CT molecular complexity index is 828. The zero-order valence-electron chi connectivity index (χ0n) is 17.9. The number of rotatable bonds is 7. The Morgan fingerprint density at radius 1 is 1.21 bits per heavy atom. The van der Waals surface area contributed by atoms with Crippen LogP contribution in [0.1, 0.15) is 68.5 Å². The molecule has 1 aromatic heterocycles. The van der Waals surface area contributed by atoms with Crippen LogP contribution < -0.4 is 10.1 Å². The molecular weight excluding hydrogens is 384 g/mol. The molecule has 0 bridgehead atoms. The summed E-state index contributed by atoms with van der Waals surface area (Å²) in [5.74, 6) is 2.00. The maximum Gasteiger partial charge on any atom is 0.230 e. The quantitative estimate of drug-likeness (QED) is 0.531. The largest absolute Gasteiger partial charge is 0.483 e. The fourth-order valence-electron chi connectivity index (χ4n) is 3.67. The van der Waals surface area contributed by atoms with Crippen molar-refractivity contribution >= 4 is 17.7 Å². The van der Waals surface area contributed by atoms with Crippen LogP contribution in [0.3, 0.4) is 0 Å². The number of aryl methyl sites for hydroxylation is 2. The zero-order valence-corrected chi connectivity index (χ0v) is 18.7. The Kier molecular flexibility index (Phi) is 7.58. The third-order valence-electron chi connectivity index (χ3n) is 5.58. The topological polar surface area (TPSA) is 69.0 Å². The van der Waals surface area contributed by atoms with Crippen LogP contribution in [0.4, 0.5) is 0 Å². The summed E-state index contributed by atoms with van der Waals surface area (Å²) >= 11 is 1.42. The summed E-state index contributed by atoms with van der Waals surface area (Å²) in [6, 6.07) is 6.40. The molecule has 1 N–H and O–H groups in total. The molecule has 1 unspecified atom stereocenters. The maximum absolute atomic E-state index is 12.3. The number of thioether (sulfide) groups is 1. The average Bonchev–Trinajstić information content (AvgIpc) is 2.88. The van der Waals surface area contributed by atoms with E-state index in [4.69, 9.17) is 4.74 Å². The van der Waals surface area contributed by atoms with Gasteiger partial charge in [-0.3, -0.25) is 4.79 Å². The van der Waals surface area contributed by atoms with Crippen molar-refractivity contribution in [2.24, 2.45) is 7.05 Å². The van der Waals surface area contributed by atoms with E-state index in [1.165, 1.54) is 48.6 Å². The van der Waals surface area contributed by atoms with Crippen LogP contribution in [0, 0.1) is 13.8 Å². The van der Waals surface area contributed by atoms with Crippen LogP contribution >= 0.6 is 11.8 Å². The van der Waals surface area contributed by atoms with Crippen molar-refractivity contribution in [1.82, 2.24) is 20.1 Å². The van der Waals surface area contributed by atoms with Crippen LogP contribution in [-0.2, 0) is 11.8 Å². The van der Waals surface area contributed by atoms with Crippen molar-refractivity contribution < 1.29 is 9.53 Å². The first-order valence-corrected chi connectivity index (χ1v) is 11.5. The second kappa shape index (κ2) is 10.1. The highest BCUT2D eigenvalue weighted by Crippen LogP contribution is 2.25. The number of nitrogens with one attached hydrogen (secondary N) is 1. The van der Waals surface area contributed by atoms with E-state index in [-0.39, 0.29) is 12.0 Å². The van der Waals surface area contributed by atoms with Gasteiger partial charge in [-0.05, 0) is 56.9 Å². The van der Waals surface area contributed by atoms with E-state index >= 15 is 0 Å². The lowest BCUT2D eigenvalue weighted by Crippen LogP contribution is -2.35. The molecule has 158 valence electrons. The number of hydrogen-bond acceptors (Lipinski definition) is 5. The molecule has 1 heterocycles. The first-order chi connectivity index (χ1) is 13.9. The third-order valence-corrected chi connectivity index (χ3v) is 6.60. The van der Waals surface area contributed by atoms with Gasteiger partial charge in [0.05, 0.1) is 5.75 Å². The van der Waals surface area contributed by atoms with Gasteiger partial charge in [-0.15, -0.1) is 10.2 Å². The number of amides is 1. The van der Waals surface area contributed by atoms with Crippen molar-refractivity contribution in [2.45, 2.75) is 76.6 Å². The molecule has 0 aliphatic heterocycles. The minimum absolute atomic E-state index is 0.0749. The summed E-state index contributed by atoms with van der Waals surface area (Å²) in [6.07, 6.45) is 6.95. The fourth-order valence-corrected chi connectivity index (χ4v) is 4.40.